The number of nitrogens with zero attached hydrogens (tertiary/aromatic N) is 1. The van der Waals surface area contributed by atoms with Gasteiger partial charge in [0.2, 0.25) is 5.91 Å². The molecule has 2 aromatic carbocycles. The van der Waals surface area contributed by atoms with Gasteiger partial charge in [-0.2, -0.15) is 0 Å². The minimum atomic E-state index is -0.704. The summed E-state index contributed by atoms with van der Waals surface area (Å²) in [5.74, 6) is -0.503. The lowest BCUT2D eigenvalue weighted by Gasteiger charge is -2.35. The third kappa shape index (κ3) is 3.94. The van der Waals surface area contributed by atoms with Gasteiger partial charge in [0.1, 0.15) is 5.75 Å². The number of benzene rings is 2. The number of carbonyl (C=O) groups excluding carboxylic acids is 3. The molecular formula is C22H23N3O4. The van der Waals surface area contributed by atoms with Gasteiger partial charge >= 0.3 is 11.8 Å². The molecule has 0 bridgehead atoms. The van der Waals surface area contributed by atoms with Crippen LogP contribution in [0.25, 0.3) is 0 Å². The van der Waals surface area contributed by atoms with E-state index in [1.165, 1.54) is 0 Å². The van der Waals surface area contributed by atoms with Gasteiger partial charge in [0, 0.05) is 25.2 Å². The predicted molar refractivity (Wildman–Crippen MR) is 109 cm³/mol. The molecule has 4 rings (SSSR count). The number of aryl methyl sites for hydroxylation is 2. The monoisotopic (exact) mass is 393 g/mol. The molecule has 2 heterocycles. The zero-order chi connectivity index (χ0) is 20.4. The highest BCUT2D eigenvalue weighted by Crippen LogP contribution is 2.37. The fourth-order valence-electron chi connectivity index (χ4n) is 3.92. The van der Waals surface area contributed by atoms with Crippen LogP contribution in [0.15, 0.2) is 36.4 Å². The van der Waals surface area contributed by atoms with E-state index >= 15 is 0 Å². The lowest BCUT2D eigenvalue weighted by molar-refractivity contribution is -0.136. The molecule has 0 saturated heterocycles. The van der Waals surface area contributed by atoms with Crippen molar-refractivity contribution in [2.24, 2.45) is 0 Å². The Bertz CT molecular complexity index is 952. The van der Waals surface area contributed by atoms with Crippen molar-refractivity contribution in [1.29, 1.82) is 0 Å². The van der Waals surface area contributed by atoms with Crippen LogP contribution < -0.4 is 20.3 Å². The molecule has 0 radical (unpaired) electrons. The van der Waals surface area contributed by atoms with Crippen LogP contribution in [-0.2, 0) is 33.8 Å². The zero-order valence-electron chi connectivity index (χ0n) is 16.3. The van der Waals surface area contributed by atoms with Crippen molar-refractivity contribution in [3.8, 4) is 5.75 Å². The van der Waals surface area contributed by atoms with Crippen molar-refractivity contribution in [3.05, 3.63) is 53.1 Å². The number of carbonyl (C=O) groups is 3. The molecule has 29 heavy (non-hydrogen) atoms. The Morgan fingerprint density at radius 3 is 2.48 bits per heavy atom. The second-order valence-electron chi connectivity index (χ2n) is 7.28. The smallest absolute Gasteiger partial charge is 0.313 e. The van der Waals surface area contributed by atoms with E-state index in [1.54, 1.807) is 19.2 Å². The second-order valence-corrected chi connectivity index (χ2v) is 7.28. The Morgan fingerprint density at radius 2 is 1.76 bits per heavy atom. The van der Waals surface area contributed by atoms with Gasteiger partial charge in [-0.15, -0.1) is 0 Å². The quantitative estimate of drug-likeness (QED) is 0.780. The summed E-state index contributed by atoms with van der Waals surface area (Å²) >= 11 is 0. The Balaban J connectivity index is 1.41. The van der Waals surface area contributed by atoms with E-state index in [9.17, 15) is 14.4 Å². The Kier molecular flexibility index (Phi) is 5.20. The van der Waals surface area contributed by atoms with Crippen LogP contribution in [-0.4, -0.2) is 31.4 Å². The highest BCUT2D eigenvalue weighted by atomic mass is 16.5. The molecule has 0 saturated carbocycles. The maximum Gasteiger partial charge on any atom is 0.313 e. The number of nitrogens with one attached hydrogen (secondary N) is 2. The average molecular weight is 393 g/mol. The van der Waals surface area contributed by atoms with Gasteiger partial charge in [-0.05, 0) is 60.2 Å². The summed E-state index contributed by atoms with van der Waals surface area (Å²) in [6.07, 6.45) is 2.90. The van der Waals surface area contributed by atoms with Crippen molar-refractivity contribution < 1.29 is 19.1 Å². The SMILES string of the molecule is COc1ccc(CNC(=O)C(=O)Nc2cc3c4c(c2)CCC(=O)N4CCC3)cc1. The third-order valence-corrected chi connectivity index (χ3v) is 5.35. The van der Waals surface area contributed by atoms with Crippen LogP contribution in [0, 0.1) is 0 Å². The Morgan fingerprint density at radius 1 is 1.03 bits per heavy atom. The number of anilines is 2. The summed E-state index contributed by atoms with van der Waals surface area (Å²) in [5, 5.41) is 5.32. The van der Waals surface area contributed by atoms with E-state index < -0.39 is 11.8 Å². The standard InChI is InChI=1S/C22H23N3O4/c1-29-18-7-4-14(5-8-18)13-23-21(27)22(28)24-17-11-15-3-2-10-25-19(26)9-6-16(12-17)20(15)25/h4-5,7-8,11-12H,2-3,6,9-10,13H2,1H3,(H,23,27)(H,24,28). The summed E-state index contributed by atoms with van der Waals surface area (Å²) in [6, 6.07) is 11.0. The maximum absolute atomic E-state index is 12.3. The first-order chi connectivity index (χ1) is 14.0. The second kappa shape index (κ2) is 7.95. The molecular weight excluding hydrogens is 370 g/mol. The van der Waals surface area contributed by atoms with Gasteiger partial charge in [-0.3, -0.25) is 14.4 Å². The molecule has 0 aliphatic carbocycles. The molecule has 0 atom stereocenters. The first-order valence-corrected chi connectivity index (χ1v) is 9.73. The molecule has 0 spiro atoms. The molecule has 2 N–H and O–H groups in total. The first-order valence-electron chi connectivity index (χ1n) is 9.73. The van der Waals surface area contributed by atoms with Crippen molar-refractivity contribution in [2.75, 3.05) is 23.9 Å². The van der Waals surface area contributed by atoms with Crippen molar-refractivity contribution in [1.82, 2.24) is 5.32 Å². The summed E-state index contributed by atoms with van der Waals surface area (Å²) in [6.45, 7) is 1.00. The van der Waals surface area contributed by atoms with Crippen molar-refractivity contribution in [3.63, 3.8) is 0 Å². The third-order valence-electron chi connectivity index (χ3n) is 5.35. The summed E-state index contributed by atoms with van der Waals surface area (Å²) < 4.78 is 5.10. The topological polar surface area (TPSA) is 87.7 Å². The van der Waals surface area contributed by atoms with Crippen molar-refractivity contribution in [2.45, 2.75) is 32.2 Å². The zero-order valence-corrected chi connectivity index (χ0v) is 16.3. The highest BCUT2D eigenvalue weighted by molar-refractivity contribution is 6.39. The van der Waals surface area contributed by atoms with Crippen LogP contribution in [0.1, 0.15) is 29.5 Å². The normalized spacial score (nSPS) is 14.8. The Hall–Kier alpha value is -3.35. The first kappa shape index (κ1) is 19.0. The van der Waals surface area contributed by atoms with E-state index in [-0.39, 0.29) is 12.5 Å². The number of hydrogen-bond acceptors (Lipinski definition) is 4. The average Bonchev–Trinajstić information content (AvgIpc) is 2.74. The minimum Gasteiger partial charge on any atom is -0.497 e. The summed E-state index contributed by atoms with van der Waals surface area (Å²) in [5.41, 5.74) is 4.57. The van der Waals surface area contributed by atoms with Crippen LogP contribution >= 0.6 is 0 Å². The molecule has 3 amide bonds. The largest absolute Gasteiger partial charge is 0.497 e. The number of rotatable bonds is 4. The van der Waals surface area contributed by atoms with Crippen LogP contribution in [0.5, 0.6) is 5.75 Å². The maximum atomic E-state index is 12.3. The van der Waals surface area contributed by atoms with Gasteiger partial charge in [0.15, 0.2) is 0 Å². The summed E-state index contributed by atoms with van der Waals surface area (Å²) in [4.78, 5) is 38.5. The van der Waals surface area contributed by atoms with Gasteiger partial charge < -0.3 is 20.3 Å². The van der Waals surface area contributed by atoms with E-state index in [0.29, 0.717) is 18.5 Å². The molecule has 2 aliphatic rings. The molecule has 7 heteroatoms. The highest BCUT2D eigenvalue weighted by Gasteiger charge is 2.30. The van der Waals surface area contributed by atoms with Crippen molar-refractivity contribution >= 4 is 29.1 Å². The fourth-order valence-corrected chi connectivity index (χ4v) is 3.92. The molecule has 0 fully saturated rings. The lowest BCUT2D eigenvalue weighted by atomic mass is 9.91. The van der Waals surface area contributed by atoms with Gasteiger partial charge in [0.05, 0.1) is 12.8 Å². The molecule has 2 aromatic rings. The van der Waals surface area contributed by atoms with Gasteiger partial charge in [0.25, 0.3) is 0 Å². The number of hydrogen-bond donors (Lipinski definition) is 2. The van der Waals surface area contributed by atoms with E-state index in [4.69, 9.17) is 4.74 Å². The van der Waals surface area contributed by atoms with Crippen LogP contribution in [0.4, 0.5) is 11.4 Å². The predicted octanol–water partition coefficient (Wildman–Crippen LogP) is 2.18. The Labute approximate surface area is 169 Å². The number of amides is 3. The minimum absolute atomic E-state index is 0.160. The number of ether oxygens (including phenoxy) is 1. The lowest BCUT2D eigenvalue weighted by Crippen LogP contribution is -2.39. The van der Waals surface area contributed by atoms with Crippen LogP contribution in [0.2, 0.25) is 0 Å². The summed E-state index contributed by atoms with van der Waals surface area (Å²) in [7, 11) is 1.59. The van der Waals surface area contributed by atoms with Crippen LogP contribution in [0.3, 0.4) is 0 Å². The molecule has 0 unspecified atom stereocenters. The van der Waals surface area contributed by atoms with E-state index in [2.05, 4.69) is 10.6 Å². The molecule has 150 valence electrons. The van der Waals surface area contributed by atoms with E-state index in [0.717, 1.165) is 47.5 Å². The number of methoxy groups -OCH3 is 1. The van der Waals surface area contributed by atoms with Gasteiger partial charge in [-0.25, -0.2) is 0 Å². The van der Waals surface area contributed by atoms with E-state index in [1.807, 2.05) is 29.2 Å². The molecule has 0 aromatic heterocycles. The molecule has 2 aliphatic heterocycles. The fraction of sp³-hybridized carbons (Fsp3) is 0.318. The molecule has 7 nitrogen and oxygen atoms in total. The van der Waals surface area contributed by atoms with Gasteiger partial charge in [-0.1, -0.05) is 12.1 Å².